The Labute approximate surface area is 161 Å². The van der Waals surface area contributed by atoms with Crippen molar-refractivity contribution in [1.82, 2.24) is 0 Å². The van der Waals surface area contributed by atoms with Crippen LogP contribution in [0.2, 0.25) is 0 Å². The number of carbonyl (C=O) groups excluding carboxylic acids is 2. The van der Waals surface area contributed by atoms with Gasteiger partial charge in [0.2, 0.25) is 0 Å². The zero-order valence-corrected chi connectivity index (χ0v) is 15.6. The Hall–Kier alpha value is -2.92. The molecule has 0 atom stereocenters. The third kappa shape index (κ3) is 5.05. The molecule has 0 heterocycles. The summed E-state index contributed by atoms with van der Waals surface area (Å²) >= 11 is 1.40. The highest BCUT2D eigenvalue weighted by molar-refractivity contribution is 8.00. The van der Waals surface area contributed by atoms with Crippen molar-refractivity contribution in [2.75, 3.05) is 11.1 Å². The molecule has 3 rings (SSSR count). The van der Waals surface area contributed by atoms with Crippen LogP contribution in [0.4, 0.5) is 10.1 Å². The van der Waals surface area contributed by atoms with Crippen LogP contribution in [0.15, 0.2) is 77.7 Å². The molecule has 0 aliphatic carbocycles. The minimum Gasteiger partial charge on any atom is -0.322 e. The summed E-state index contributed by atoms with van der Waals surface area (Å²) in [6.45, 7) is 1.90. The second kappa shape index (κ2) is 8.64. The molecule has 3 nitrogen and oxygen atoms in total. The number of Topliss-reactive ketones (excluding diaryl/α,β-unsaturated/α-hetero) is 1. The second-order valence-electron chi connectivity index (χ2n) is 6.01. The molecule has 1 amide bonds. The number of hydrogen-bond donors (Lipinski definition) is 1. The van der Waals surface area contributed by atoms with Crippen LogP contribution in [0.5, 0.6) is 0 Å². The highest BCUT2D eigenvalue weighted by Crippen LogP contribution is 2.22. The number of rotatable bonds is 6. The zero-order valence-electron chi connectivity index (χ0n) is 14.7. The largest absolute Gasteiger partial charge is 0.322 e. The number of hydrogen-bond acceptors (Lipinski definition) is 3. The summed E-state index contributed by atoms with van der Waals surface area (Å²) in [4.78, 5) is 25.4. The van der Waals surface area contributed by atoms with E-state index in [9.17, 15) is 14.0 Å². The predicted molar refractivity (Wildman–Crippen MR) is 107 cm³/mol. The molecular formula is C22H18FNO2S. The van der Waals surface area contributed by atoms with Gasteiger partial charge in [0.1, 0.15) is 5.82 Å². The van der Waals surface area contributed by atoms with Crippen LogP contribution in [0.1, 0.15) is 26.3 Å². The number of anilines is 1. The van der Waals surface area contributed by atoms with E-state index in [1.807, 2.05) is 37.3 Å². The van der Waals surface area contributed by atoms with E-state index >= 15 is 0 Å². The van der Waals surface area contributed by atoms with E-state index in [4.69, 9.17) is 0 Å². The van der Waals surface area contributed by atoms with Gasteiger partial charge in [0.25, 0.3) is 5.91 Å². The third-order valence-electron chi connectivity index (χ3n) is 4.04. The van der Waals surface area contributed by atoms with Crippen LogP contribution in [-0.4, -0.2) is 17.4 Å². The van der Waals surface area contributed by atoms with Gasteiger partial charge in [0.05, 0.1) is 5.75 Å². The van der Waals surface area contributed by atoms with E-state index < -0.39 is 0 Å². The highest BCUT2D eigenvalue weighted by atomic mass is 32.2. The molecule has 0 fully saturated rings. The van der Waals surface area contributed by atoms with Gasteiger partial charge in [0, 0.05) is 21.7 Å². The lowest BCUT2D eigenvalue weighted by molar-refractivity contribution is 0.101. The predicted octanol–water partition coefficient (Wildman–Crippen LogP) is 5.36. The molecular weight excluding hydrogens is 361 g/mol. The molecule has 3 aromatic carbocycles. The Kier molecular flexibility index (Phi) is 6.04. The molecule has 0 aromatic heterocycles. The van der Waals surface area contributed by atoms with Gasteiger partial charge in [0.15, 0.2) is 5.78 Å². The van der Waals surface area contributed by atoms with E-state index in [1.165, 1.54) is 36.0 Å². The van der Waals surface area contributed by atoms with E-state index in [0.29, 0.717) is 16.8 Å². The molecule has 0 unspecified atom stereocenters. The SMILES string of the molecule is Cc1ccccc1C(=O)Nc1ccc(SCC(=O)c2ccc(F)cc2)cc1. The van der Waals surface area contributed by atoms with E-state index in [2.05, 4.69) is 5.32 Å². The van der Waals surface area contributed by atoms with E-state index in [0.717, 1.165) is 10.5 Å². The van der Waals surface area contributed by atoms with Gasteiger partial charge in [-0.25, -0.2) is 4.39 Å². The van der Waals surface area contributed by atoms with Crippen LogP contribution < -0.4 is 5.32 Å². The Morgan fingerprint density at radius 1 is 0.926 bits per heavy atom. The number of thioether (sulfide) groups is 1. The second-order valence-corrected chi connectivity index (χ2v) is 7.06. The Morgan fingerprint density at radius 3 is 2.26 bits per heavy atom. The molecule has 0 spiro atoms. The van der Waals surface area contributed by atoms with Crippen LogP contribution in [-0.2, 0) is 0 Å². The normalized spacial score (nSPS) is 10.4. The van der Waals surface area contributed by atoms with Crippen molar-refractivity contribution in [3.05, 3.63) is 95.3 Å². The van der Waals surface area contributed by atoms with Crippen molar-refractivity contribution >= 4 is 29.1 Å². The molecule has 0 radical (unpaired) electrons. The number of carbonyl (C=O) groups is 2. The summed E-state index contributed by atoms with van der Waals surface area (Å²) in [5.74, 6) is -0.306. The van der Waals surface area contributed by atoms with Crippen molar-refractivity contribution in [1.29, 1.82) is 0 Å². The third-order valence-corrected chi connectivity index (χ3v) is 5.05. The molecule has 0 aliphatic rings. The van der Waals surface area contributed by atoms with Gasteiger partial charge in [-0.15, -0.1) is 11.8 Å². The molecule has 27 heavy (non-hydrogen) atoms. The lowest BCUT2D eigenvalue weighted by Crippen LogP contribution is -2.13. The summed E-state index contributed by atoms with van der Waals surface area (Å²) in [7, 11) is 0. The van der Waals surface area contributed by atoms with E-state index in [-0.39, 0.29) is 23.3 Å². The Balaban J connectivity index is 1.57. The van der Waals surface area contributed by atoms with Gasteiger partial charge >= 0.3 is 0 Å². The number of amides is 1. The summed E-state index contributed by atoms with van der Waals surface area (Å²) in [6.07, 6.45) is 0. The quantitative estimate of drug-likeness (QED) is 0.463. The monoisotopic (exact) mass is 379 g/mol. The number of halogens is 1. The summed E-state index contributed by atoms with van der Waals surface area (Å²) < 4.78 is 12.9. The standard InChI is InChI=1S/C22H18FNO2S/c1-15-4-2-3-5-20(15)22(26)24-18-10-12-19(13-11-18)27-14-21(25)16-6-8-17(23)9-7-16/h2-13H,14H2,1H3,(H,24,26). The smallest absolute Gasteiger partial charge is 0.255 e. The van der Waals surface area contributed by atoms with Crippen molar-refractivity contribution < 1.29 is 14.0 Å². The first kappa shape index (κ1) is 18.9. The molecule has 3 aromatic rings. The fraction of sp³-hybridized carbons (Fsp3) is 0.0909. The Morgan fingerprint density at radius 2 is 1.59 bits per heavy atom. The molecule has 0 saturated heterocycles. The number of benzene rings is 3. The maximum atomic E-state index is 12.9. The topological polar surface area (TPSA) is 46.2 Å². The lowest BCUT2D eigenvalue weighted by Gasteiger charge is -2.08. The van der Waals surface area contributed by atoms with Crippen LogP contribution in [0.25, 0.3) is 0 Å². The maximum absolute atomic E-state index is 12.9. The average molecular weight is 379 g/mol. The maximum Gasteiger partial charge on any atom is 0.255 e. The minimum absolute atomic E-state index is 0.0584. The van der Waals surface area contributed by atoms with Crippen molar-refractivity contribution in [2.45, 2.75) is 11.8 Å². The number of ketones is 1. The molecule has 0 saturated carbocycles. The average Bonchev–Trinajstić information content (AvgIpc) is 2.68. The van der Waals surface area contributed by atoms with Crippen LogP contribution >= 0.6 is 11.8 Å². The molecule has 5 heteroatoms. The summed E-state index contributed by atoms with van der Waals surface area (Å²) in [6, 6.07) is 20.3. The summed E-state index contributed by atoms with van der Waals surface area (Å²) in [5, 5.41) is 2.87. The molecule has 0 aliphatic heterocycles. The van der Waals surface area contributed by atoms with Gasteiger partial charge in [-0.05, 0) is 67.1 Å². The molecule has 136 valence electrons. The number of nitrogens with one attached hydrogen (secondary N) is 1. The summed E-state index contributed by atoms with van der Waals surface area (Å²) in [5.41, 5.74) is 2.74. The van der Waals surface area contributed by atoms with Gasteiger partial charge in [-0.1, -0.05) is 18.2 Å². The number of aryl methyl sites for hydroxylation is 1. The van der Waals surface area contributed by atoms with Crippen molar-refractivity contribution in [2.24, 2.45) is 0 Å². The molecule has 1 N–H and O–H groups in total. The minimum atomic E-state index is -0.359. The lowest BCUT2D eigenvalue weighted by atomic mass is 10.1. The zero-order chi connectivity index (χ0) is 19.2. The first-order valence-electron chi connectivity index (χ1n) is 8.41. The van der Waals surface area contributed by atoms with Gasteiger partial charge in [-0.3, -0.25) is 9.59 Å². The van der Waals surface area contributed by atoms with Crippen molar-refractivity contribution in [3.8, 4) is 0 Å². The van der Waals surface area contributed by atoms with Gasteiger partial charge < -0.3 is 5.32 Å². The molecule has 0 bridgehead atoms. The van der Waals surface area contributed by atoms with E-state index in [1.54, 1.807) is 18.2 Å². The van der Waals surface area contributed by atoms with Gasteiger partial charge in [-0.2, -0.15) is 0 Å². The first-order valence-corrected chi connectivity index (χ1v) is 9.40. The fourth-order valence-electron chi connectivity index (χ4n) is 2.53. The first-order chi connectivity index (χ1) is 13.0. The highest BCUT2D eigenvalue weighted by Gasteiger charge is 2.09. The van der Waals surface area contributed by atoms with Crippen LogP contribution in [0.3, 0.4) is 0 Å². The van der Waals surface area contributed by atoms with Crippen LogP contribution in [0, 0.1) is 12.7 Å². The Bertz CT molecular complexity index is 953. The van der Waals surface area contributed by atoms with Crippen molar-refractivity contribution in [3.63, 3.8) is 0 Å². The fourth-order valence-corrected chi connectivity index (χ4v) is 3.32.